The highest BCUT2D eigenvalue weighted by Crippen LogP contribution is 2.32. The van der Waals surface area contributed by atoms with E-state index in [9.17, 15) is 0 Å². The molecule has 0 atom stereocenters. The third kappa shape index (κ3) is 2.25. The zero-order chi connectivity index (χ0) is 13.9. The summed E-state index contributed by atoms with van der Waals surface area (Å²) in [7, 11) is 0. The lowest BCUT2D eigenvalue weighted by molar-refractivity contribution is 0.322. The smallest absolute Gasteiger partial charge is 0.133 e. The molecule has 0 bridgehead atoms. The van der Waals surface area contributed by atoms with E-state index in [1.165, 1.54) is 17.5 Å². The van der Waals surface area contributed by atoms with E-state index in [2.05, 4.69) is 39.3 Å². The van der Waals surface area contributed by atoms with Gasteiger partial charge < -0.3 is 10.1 Å². The molecule has 2 aromatic rings. The van der Waals surface area contributed by atoms with Crippen LogP contribution in [-0.2, 0) is 6.42 Å². The Morgan fingerprint density at radius 2 is 2.20 bits per heavy atom. The molecule has 0 spiro atoms. The molecule has 2 heterocycles. The lowest BCUT2D eigenvalue weighted by Gasteiger charge is -2.30. The van der Waals surface area contributed by atoms with Crippen LogP contribution in [-0.4, -0.2) is 23.0 Å². The molecule has 0 aliphatic carbocycles. The third-order valence-corrected chi connectivity index (χ3v) is 3.72. The van der Waals surface area contributed by atoms with Crippen molar-refractivity contribution >= 4 is 17.7 Å². The first-order valence-corrected chi connectivity index (χ1v) is 6.79. The van der Waals surface area contributed by atoms with Crippen LogP contribution in [0.4, 0.5) is 11.5 Å². The monoisotopic (exact) mass is 267 g/mol. The van der Waals surface area contributed by atoms with Gasteiger partial charge in [-0.25, -0.2) is 4.98 Å². The van der Waals surface area contributed by atoms with Gasteiger partial charge in [0.2, 0.25) is 0 Å². The number of fused-ring (bicyclic) bond motifs is 1. The Hall–Kier alpha value is -2.36. The van der Waals surface area contributed by atoms with Gasteiger partial charge in [0.1, 0.15) is 5.82 Å². The minimum Gasteiger partial charge on any atom is -0.411 e. The summed E-state index contributed by atoms with van der Waals surface area (Å²) in [5.74, 6) is 0.949. The van der Waals surface area contributed by atoms with Crippen molar-refractivity contribution in [2.75, 3.05) is 11.4 Å². The number of para-hydroxylation sites is 1. The molecule has 0 radical (unpaired) electrons. The molecule has 1 aromatic carbocycles. The SMILES string of the molecule is Cc1cc(N2CCCc3ccccc32)ncc1/C=N\O. The second-order valence-corrected chi connectivity index (χ2v) is 5.03. The van der Waals surface area contributed by atoms with Crippen molar-refractivity contribution in [1.82, 2.24) is 4.98 Å². The number of benzene rings is 1. The second kappa shape index (κ2) is 5.33. The van der Waals surface area contributed by atoms with E-state index >= 15 is 0 Å². The second-order valence-electron chi connectivity index (χ2n) is 5.03. The lowest BCUT2D eigenvalue weighted by Crippen LogP contribution is -2.25. The molecule has 0 amide bonds. The third-order valence-electron chi connectivity index (χ3n) is 3.72. The van der Waals surface area contributed by atoms with E-state index in [0.29, 0.717) is 0 Å². The molecule has 4 heteroatoms. The molecule has 0 unspecified atom stereocenters. The number of nitrogens with zero attached hydrogens (tertiary/aromatic N) is 3. The molecule has 0 fully saturated rings. The largest absolute Gasteiger partial charge is 0.411 e. The van der Waals surface area contributed by atoms with Crippen LogP contribution < -0.4 is 4.90 Å². The van der Waals surface area contributed by atoms with Crippen LogP contribution in [0.1, 0.15) is 23.1 Å². The van der Waals surface area contributed by atoms with Gasteiger partial charge in [-0.1, -0.05) is 23.4 Å². The molecule has 3 rings (SSSR count). The molecule has 1 N–H and O–H groups in total. The highest BCUT2D eigenvalue weighted by molar-refractivity contribution is 5.81. The number of hydrogen-bond acceptors (Lipinski definition) is 4. The van der Waals surface area contributed by atoms with E-state index in [0.717, 1.165) is 36.3 Å². The van der Waals surface area contributed by atoms with Crippen LogP contribution in [0.25, 0.3) is 0 Å². The van der Waals surface area contributed by atoms with E-state index in [1.807, 2.05) is 13.0 Å². The number of pyridine rings is 1. The van der Waals surface area contributed by atoms with Gasteiger partial charge in [-0.05, 0) is 43.0 Å². The molecule has 0 saturated carbocycles. The van der Waals surface area contributed by atoms with Crippen molar-refractivity contribution in [3.05, 3.63) is 53.2 Å². The van der Waals surface area contributed by atoms with Crippen LogP contribution in [0.2, 0.25) is 0 Å². The number of aromatic nitrogens is 1. The maximum atomic E-state index is 8.62. The van der Waals surface area contributed by atoms with E-state index in [-0.39, 0.29) is 0 Å². The fourth-order valence-electron chi connectivity index (χ4n) is 2.67. The standard InChI is InChI=1S/C16H17N3O/c1-12-9-16(17-10-14(12)11-18-20)19-8-4-6-13-5-2-3-7-15(13)19/h2-3,5,7,9-11,20H,4,6,8H2,1H3/b18-11-. The highest BCUT2D eigenvalue weighted by atomic mass is 16.4. The first kappa shape index (κ1) is 12.7. The quantitative estimate of drug-likeness (QED) is 0.516. The Morgan fingerprint density at radius 3 is 3.00 bits per heavy atom. The van der Waals surface area contributed by atoms with Crippen molar-refractivity contribution in [2.45, 2.75) is 19.8 Å². The van der Waals surface area contributed by atoms with Crippen LogP contribution >= 0.6 is 0 Å². The van der Waals surface area contributed by atoms with Crippen molar-refractivity contribution in [1.29, 1.82) is 0 Å². The maximum absolute atomic E-state index is 8.62. The van der Waals surface area contributed by atoms with Gasteiger partial charge in [-0.3, -0.25) is 0 Å². The van der Waals surface area contributed by atoms with Crippen molar-refractivity contribution in [3.63, 3.8) is 0 Å². The van der Waals surface area contributed by atoms with Gasteiger partial charge in [-0.2, -0.15) is 0 Å². The summed E-state index contributed by atoms with van der Waals surface area (Å²) < 4.78 is 0. The van der Waals surface area contributed by atoms with Crippen LogP contribution in [0, 0.1) is 6.92 Å². The zero-order valence-corrected chi connectivity index (χ0v) is 11.5. The first-order chi connectivity index (χ1) is 9.79. The molecule has 1 aliphatic rings. The molecular formula is C16H17N3O. The predicted molar refractivity (Wildman–Crippen MR) is 80.1 cm³/mol. The minimum absolute atomic E-state index is 0.835. The Kier molecular flexibility index (Phi) is 3.37. The normalized spacial score (nSPS) is 14.6. The summed E-state index contributed by atoms with van der Waals surface area (Å²) >= 11 is 0. The fraction of sp³-hybridized carbons (Fsp3) is 0.250. The number of oxime groups is 1. The van der Waals surface area contributed by atoms with E-state index < -0.39 is 0 Å². The number of rotatable bonds is 2. The number of aryl methyl sites for hydroxylation is 2. The summed E-state index contributed by atoms with van der Waals surface area (Å²) in [6.45, 7) is 2.98. The van der Waals surface area contributed by atoms with Gasteiger partial charge in [-0.15, -0.1) is 0 Å². The highest BCUT2D eigenvalue weighted by Gasteiger charge is 2.18. The summed E-state index contributed by atoms with van der Waals surface area (Å²) in [4.78, 5) is 6.76. The predicted octanol–water partition coefficient (Wildman–Crippen LogP) is 3.28. The summed E-state index contributed by atoms with van der Waals surface area (Å²) in [5, 5.41) is 11.7. The number of anilines is 2. The zero-order valence-electron chi connectivity index (χ0n) is 11.5. The average molecular weight is 267 g/mol. The Labute approximate surface area is 118 Å². The molecular weight excluding hydrogens is 250 g/mol. The maximum Gasteiger partial charge on any atom is 0.133 e. The van der Waals surface area contributed by atoms with Crippen LogP contribution in [0.15, 0.2) is 41.7 Å². The first-order valence-electron chi connectivity index (χ1n) is 6.79. The average Bonchev–Trinajstić information content (AvgIpc) is 2.49. The van der Waals surface area contributed by atoms with Crippen LogP contribution in [0.3, 0.4) is 0 Å². The molecule has 1 aromatic heterocycles. The van der Waals surface area contributed by atoms with Crippen molar-refractivity contribution in [3.8, 4) is 0 Å². The Bertz CT molecular complexity index is 652. The van der Waals surface area contributed by atoms with Gasteiger partial charge in [0.05, 0.1) is 6.21 Å². The summed E-state index contributed by atoms with van der Waals surface area (Å²) in [6, 6.07) is 10.5. The summed E-state index contributed by atoms with van der Waals surface area (Å²) in [5.41, 5.74) is 4.51. The van der Waals surface area contributed by atoms with Crippen molar-refractivity contribution in [2.24, 2.45) is 5.16 Å². The van der Waals surface area contributed by atoms with Crippen molar-refractivity contribution < 1.29 is 5.21 Å². The topological polar surface area (TPSA) is 48.7 Å². The van der Waals surface area contributed by atoms with Crippen LogP contribution in [0.5, 0.6) is 0 Å². The Morgan fingerprint density at radius 1 is 1.35 bits per heavy atom. The molecule has 4 nitrogen and oxygen atoms in total. The molecule has 102 valence electrons. The van der Waals surface area contributed by atoms with Gasteiger partial charge in [0, 0.05) is 24.0 Å². The number of hydrogen-bond donors (Lipinski definition) is 1. The van der Waals surface area contributed by atoms with Gasteiger partial charge in [0.25, 0.3) is 0 Å². The minimum atomic E-state index is 0.835. The molecule has 20 heavy (non-hydrogen) atoms. The molecule has 0 saturated heterocycles. The fourth-order valence-corrected chi connectivity index (χ4v) is 2.67. The lowest BCUT2D eigenvalue weighted by atomic mass is 10.0. The van der Waals surface area contributed by atoms with E-state index in [4.69, 9.17) is 5.21 Å². The molecule has 1 aliphatic heterocycles. The van der Waals surface area contributed by atoms with Gasteiger partial charge >= 0.3 is 0 Å². The van der Waals surface area contributed by atoms with Gasteiger partial charge in [0.15, 0.2) is 0 Å². The Balaban J connectivity index is 2.00. The summed E-state index contributed by atoms with van der Waals surface area (Å²) in [6.07, 6.45) is 5.43. The van der Waals surface area contributed by atoms with E-state index in [1.54, 1.807) is 6.20 Å².